The van der Waals surface area contributed by atoms with Crippen LogP contribution in [0.5, 0.6) is 0 Å². The minimum absolute atomic E-state index is 0.0145. The van der Waals surface area contributed by atoms with Crippen molar-refractivity contribution in [3.8, 4) is 0 Å². The molecule has 1 nitrogen and oxygen atoms in total. The van der Waals surface area contributed by atoms with Gasteiger partial charge in [0.15, 0.2) is 5.78 Å². The molecule has 0 saturated heterocycles. The number of allylic oxidation sites excluding steroid dienone is 6. The molecule has 0 N–H and O–H groups in total. The van der Waals surface area contributed by atoms with Crippen molar-refractivity contribution in [2.75, 3.05) is 0 Å². The fraction of sp³-hybridized carbons (Fsp3) is 0.250. The molecule has 0 unspecified atom stereocenters. The van der Waals surface area contributed by atoms with Crippen molar-refractivity contribution in [2.45, 2.75) is 13.8 Å². The Morgan fingerprint density at radius 2 is 1.85 bits per heavy atom. The highest BCUT2D eigenvalue weighted by molar-refractivity contribution is 5.99. The first-order valence-electron chi connectivity index (χ1n) is 4.29. The molecule has 0 saturated carbocycles. The Morgan fingerprint density at radius 3 is 2.23 bits per heavy atom. The van der Waals surface area contributed by atoms with E-state index in [0.29, 0.717) is 5.57 Å². The number of carbonyl (C=O) groups excluding carboxylic acids is 1. The van der Waals surface area contributed by atoms with Crippen LogP contribution in [0.1, 0.15) is 13.8 Å². The lowest BCUT2D eigenvalue weighted by molar-refractivity contribution is -0.117. The molecule has 0 aromatic heterocycles. The van der Waals surface area contributed by atoms with Crippen molar-refractivity contribution in [1.82, 2.24) is 0 Å². The molecule has 0 aliphatic heterocycles. The van der Waals surface area contributed by atoms with Crippen LogP contribution in [-0.4, -0.2) is 5.78 Å². The first-order valence-corrected chi connectivity index (χ1v) is 4.29. The lowest BCUT2D eigenvalue weighted by atomic mass is 10.0. The van der Waals surface area contributed by atoms with E-state index in [1.165, 1.54) is 0 Å². The topological polar surface area (TPSA) is 17.1 Å². The van der Waals surface area contributed by atoms with Crippen LogP contribution in [0.4, 0.5) is 0 Å². The van der Waals surface area contributed by atoms with Gasteiger partial charge in [-0.25, -0.2) is 0 Å². The third-order valence-corrected chi connectivity index (χ3v) is 1.52. The van der Waals surface area contributed by atoms with Gasteiger partial charge in [0.2, 0.25) is 0 Å². The molecule has 0 fully saturated rings. The molecule has 0 bridgehead atoms. The molecule has 13 heavy (non-hydrogen) atoms. The van der Waals surface area contributed by atoms with E-state index in [0.717, 1.165) is 0 Å². The van der Waals surface area contributed by atoms with E-state index in [-0.39, 0.29) is 11.7 Å². The summed E-state index contributed by atoms with van der Waals surface area (Å²) in [6.07, 6.45) is 8.46. The Kier molecular flexibility index (Phi) is 5.53. The van der Waals surface area contributed by atoms with Crippen molar-refractivity contribution in [1.29, 1.82) is 0 Å². The van der Waals surface area contributed by atoms with Crippen LogP contribution in [0.2, 0.25) is 0 Å². The molecule has 0 aliphatic carbocycles. The van der Waals surface area contributed by atoms with Gasteiger partial charge in [0.25, 0.3) is 0 Å². The van der Waals surface area contributed by atoms with Crippen molar-refractivity contribution in [3.05, 3.63) is 49.1 Å². The van der Waals surface area contributed by atoms with Gasteiger partial charge in [-0.2, -0.15) is 0 Å². The van der Waals surface area contributed by atoms with E-state index in [9.17, 15) is 4.79 Å². The zero-order valence-corrected chi connectivity index (χ0v) is 8.29. The van der Waals surface area contributed by atoms with E-state index < -0.39 is 0 Å². The average Bonchev–Trinajstić information content (AvgIpc) is 2.11. The molecule has 0 aliphatic rings. The second-order valence-electron chi connectivity index (χ2n) is 2.97. The predicted molar refractivity (Wildman–Crippen MR) is 57.5 cm³/mol. The molecule has 0 aromatic rings. The van der Waals surface area contributed by atoms with Crippen molar-refractivity contribution >= 4 is 5.78 Å². The van der Waals surface area contributed by atoms with E-state index >= 15 is 0 Å². The smallest absolute Gasteiger partial charge is 0.165 e. The summed E-state index contributed by atoms with van der Waals surface area (Å²) in [6.45, 7) is 10.9. The molecule has 0 amide bonds. The zero-order chi connectivity index (χ0) is 10.3. The van der Waals surface area contributed by atoms with Crippen molar-refractivity contribution < 1.29 is 4.79 Å². The second kappa shape index (κ2) is 6.18. The van der Waals surface area contributed by atoms with Crippen LogP contribution in [0.3, 0.4) is 0 Å². The minimum Gasteiger partial charge on any atom is -0.294 e. The quantitative estimate of drug-likeness (QED) is 0.464. The van der Waals surface area contributed by atoms with Crippen LogP contribution in [-0.2, 0) is 4.79 Å². The molecule has 1 heteroatoms. The summed E-state index contributed by atoms with van der Waals surface area (Å²) in [4.78, 5) is 11.5. The first-order chi connectivity index (χ1) is 6.13. The Labute approximate surface area is 80.2 Å². The molecule has 0 heterocycles. The summed E-state index contributed by atoms with van der Waals surface area (Å²) in [5.74, 6) is 0.138. The number of Topliss-reactive ketones (excluding diaryl/α,β-unsaturated/α-hetero) is 1. The fourth-order valence-corrected chi connectivity index (χ4v) is 0.852. The second-order valence-corrected chi connectivity index (χ2v) is 2.97. The molecule has 0 rings (SSSR count). The number of rotatable bonds is 5. The molecular weight excluding hydrogens is 160 g/mol. The Hall–Kier alpha value is -1.37. The monoisotopic (exact) mass is 176 g/mol. The van der Waals surface area contributed by atoms with Crippen LogP contribution >= 0.6 is 0 Å². The van der Waals surface area contributed by atoms with Crippen LogP contribution in [0, 0.1) is 5.92 Å². The highest BCUT2D eigenvalue weighted by atomic mass is 16.1. The largest absolute Gasteiger partial charge is 0.294 e. The van der Waals surface area contributed by atoms with Gasteiger partial charge in [0.05, 0.1) is 0 Å². The van der Waals surface area contributed by atoms with Gasteiger partial charge in [-0.05, 0) is 0 Å². The number of carbonyl (C=O) groups is 1. The Balaban J connectivity index is 4.71. The van der Waals surface area contributed by atoms with E-state index in [1.807, 2.05) is 13.8 Å². The maximum atomic E-state index is 11.5. The molecular formula is C12H16O. The maximum Gasteiger partial charge on any atom is 0.165 e. The standard InChI is InChI=1S/C12H16O/c1-5-7-9-11(8-6-2)12(13)10(3)4/h5-10H,1-2H2,3-4H3/b9-7-,11-8+. The molecule has 0 spiro atoms. The summed E-state index contributed by atoms with van der Waals surface area (Å²) in [5, 5.41) is 0. The van der Waals surface area contributed by atoms with Gasteiger partial charge < -0.3 is 0 Å². The van der Waals surface area contributed by atoms with Crippen LogP contribution in [0.25, 0.3) is 0 Å². The Morgan fingerprint density at radius 1 is 1.23 bits per heavy atom. The summed E-state index contributed by atoms with van der Waals surface area (Å²) in [5.41, 5.74) is 0.671. The van der Waals surface area contributed by atoms with Gasteiger partial charge in [0.1, 0.15) is 0 Å². The van der Waals surface area contributed by atoms with Crippen LogP contribution < -0.4 is 0 Å². The maximum absolute atomic E-state index is 11.5. The SMILES string of the molecule is C=C/C=C\C(=C/C=C)C(=O)C(C)C. The van der Waals surface area contributed by atoms with Gasteiger partial charge in [-0.1, -0.05) is 57.4 Å². The van der Waals surface area contributed by atoms with Crippen LogP contribution in [0.15, 0.2) is 49.1 Å². The molecule has 70 valence electrons. The summed E-state index contributed by atoms with van der Waals surface area (Å²) in [7, 11) is 0. The molecule has 0 radical (unpaired) electrons. The lowest BCUT2D eigenvalue weighted by Crippen LogP contribution is -2.08. The highest BCUT2D eigenvalue weighted by Gasteiger charge is 2.09. The summed E-state index contributed by atoms with van der Waals surface area (Å²) >= 11 is 0. The third kappa shape index (κ3) is 4.26. The molecule has 0 aromatic carbocycles. The average molecular weight is 176 g/mol. The minimum atomic E-state index is 0.0145. The zero-order valence-electron chi connectivity index (χ0n) is 8.29. The lowest BCUT2D eigenvalue weighted by Gasteiger charge is -2.03. The van der Waals surface area contributed by atoms with E-state index in [2.05, 4.69) is 13.2 Å². The highest BCUT2D eigenvalue weighted by Crippen LogP contribution is 2.07. The Bertz CT molecular complexity index is 254. The summed E-state index contributed by atoms with van der Waals surface area (Å²) < 4.78 is 0. The van der Waals surface area contributed by atoms with E-state index in [4.69, 9.17) is 0 Å². The van der Waals surface area contributed by atoms with Gasteiger partial charge >= 0.3 is 0 Å². The van der Waals surface area contributed by atoms with Gasteiger partial charge in [-0.3, -0.25) is 4.79 Å². The normalized spacial score (nSPS) is 12.1. The molecule has 0 atom stereocenters. The third-order valence-electron chi connectivity index (χ3n) is 1.52. The summed E-state index contributed by atoms with van der Waals surface area (Å²) in [6, 6.07) is 0. The van der Waals surface area contributed by atoms with E-state index in [1.54, 1.807) is 30.4 Å². The number of hydrogen-bond donors (Lipinski definition) is 0. The number of hydrogen-bond acceptors (Lipinski definition) is 1. The van der Waals surface area contributed by atoms with Gasteiger partial charge in [-0.15, -0.1) is 0 Å². The predicted octanol–water partition coefficient (Wildman–Crippen LogP) is 3.07. The fourth-order valence-electron chi connectivity index (χ4n) is 0.852. The first kappa shape index (κ1) is 11.6. The van der Waals surface area contributed by atoms with Crippen molar-refractivity contribution in [3.63, 3.8) is 0 Å². The number of ketones is 1. The van der Waals surface area contributed by atoms with Crippen molar-refractivity contribution in [2.24, 2.45) is 5.92 Å². The van der Waals surface area contributed by atoms with Gasteiger partial charge in [0, 0.05) is 11.5 Å².